The Morgan fingerprint density at radius 2 is 1.65 bits per heavy atom. The maximum absolute atomic E-state index is 11.9. The van der Waals surface area contributed by atoms with Crippen LogP contribution in [0.3, 0.4) is 0 Å². The third-order valence-electron chi connectivity index (χ3n) is 3.81. The van der Waals surface area contributed by atoms with Crippen LogP contribution in [-0.2, 0) is 4.74 Å². The summed E-state index contributed by atoms with van der Waals surface area (Å²) in [5.41, 5.74) is 2.10. The fourth-order valence-electron chi connectivity index (χ4n) is 2.40. The van der Waals surface area contributed by atoms with Crippen molar-refractivity contribution in [2.24, 2.45) is 0 Å². The molecule has 122 valence electrons. The van der Waals surface area contributed by atoms with Crippen molar-refractivity contribution in [3.8, 4) is 0 Å². The Balaban J connectivity index is 1.52. The van der Waals surface area contributed by atoms with Crippen molar-refractivity contribution in [1.82, 2.24) is 5.32 Å². The number of carbonyl (C=O) groups is 1. The summed E-state index contributed by atoms with van der Waals surface area (Å²) in [4.78, 5) is 11.9. The lowest BCUT2D eigenvalue weighted by Gasteiger charge is -2.13. The molecule has 1 atom stereocenters. The fraction of sp³-hybridized carbons (Fsp3) is 0.350. The summed E-state index contributed by atoms with van der Waals surface area (Å²) in [5.74, 6) is 0.618. The van der Waals surface area contributed by atoms with Gasteiger partial charge in [0.2, 0.25) is 0 Å². The van der Waals surface area contributed by atoms with Crippen LogP contribution < -0.4 is 5.32 Å². The van der Waals surface area contributed by atoms with Crippen LogP contribution >= 0.6 is 0 Å². The van der Waals surface area contributed by atoms with E-state index in [0.29, 0.717) is 25.6 Å². The zero-order valence-corrected chi connectivity index (χ0v) is 13.7. The van der Waals surface area contributed by atoms with E-state index in [-0.39, 0.29) is 5.78 Å². The first-order valence-corrected chi connectivity index (χ1v) is 8.19. The van der Waals surface area contributed by atoms with Crippen LogP contribution in [0.5, 0.6) is 0 Å². The van der Waals surface area contributed by atoms with Gasteiger partial charge < -0.3 is 10.1 Å². The first-order valence-electron chi connectivity index (χ1n) is 8.19. The Labute approximate surface area is 138 Å². The van der Waals surface area contributed by atoms with Gasteiger partial charge in [-0.1, -0.05) is 67.6 Å². The molecule has 2 aromatic carbocycles. The number of nitrogens with one attached hydrogen (secondary N) is 1. The lowest BCUT2D eigenvalue weighted by molar-refractivity contribution is 0.0881. The second-order valence-corrected chi connectivity index (χ2v) is 5.67. The van der Waals surface area contributed by atoms with Gasteiger partial charge in [0.15, 0.2) is 5.78 Å². The van der Waals surface area contributed by atoms with E-state index >= 15 is 0 Å². The lowest BCUT2D eigenvalue weighted by atomic mass is 10.0. The third-order valence-corrected chi connectivity index (χ3v) is 3.81. The highest BCUT2D eigenvalue weighted by molar-refractivity contribution is 5.96. The van der Waals surface area contributed by atoms with Crippen LogP contribution in [0.15, 0.2) is 60.7 Å². The number of ketones is 1. The molecule has 0 aliphatic rings. The summed E-state index contributed by atoms with van der Waals surface area (Å²) in [7, 11) is 0. The molecule has 0 aromatic heterocycles. The van der Waals surface area contributed by atoms with Gasteiger partial charge in [-0.05, 0) is 11.5 Å². The number of ether oxygens (including phenoxy) is 1. The standard InChI is InChI=1S/C20H25NO2/c1-17(18-8-4-2-5-9-18)16-21-13-15-23-14-12-20(22)19-10-6-3-7-11-19/h2-11,17,21H,12-16H2,1H3. The van der Waals surface area contributed by atoms with Gasteiger partial charge in [0, 0.05) is 25.1 Å². The summed E-state index contributed by atoms with van der Waals surface area (Å²) in [6.45, 7) is 5.04. The predicted octanol–water partition coefficient (Wildman–Crippen LogP) is 3.67. The van der Waals surface area contributed by atoms with E-state index in [9.17, 15) is 4.79 Å². The molecule has 0 aliphatic heterocycles. The highest BCUT2D eigenvalue weighted by Gasteiger charge is 2.05. The second kappa shape index (κ2) is 9.93. The summed E-state index contributed by atoms with van der Waals surface area (Å²) in [6, 6.07) is 19.8. The van der Waals surface area contributed by atoms with Crippen molar-refractivity contribution in [3.05, 3.63) is 71.8 Å². The normalized spacial score (nSPS) is 12.0. The summed E-state index contributed by atoms with van der Waals surface area (Å²) >= 11 is 0. The van der Waals surface area contributed by atoms with Crippen LogP contribution in [0.25, 0.3) is 0 Å². The molecule has 0 bridgehead atoms. The topological polar surface area (TPSA) is 38.3 Å². The molecule has 1 N–H and O–H groups in total. The number of rotatable bonds is 10. The van der Waals surface area contributed by atoms with Gasteiger partial charge in [-0.25, -0.2) is 0 Å². The van der Waals surface area contributed by atoms with E-state index in [0.717, 1.165) is 18.7 Å². The monoisotopic (exact) mass is 311 g/mol. The van der Waals surface area contributed by atoms with Gasteiger partial charge in [0.1, 0.15) is 0 Å². The first kappa shape index (κ1) is 17.4. The Hall–Kier alpha value is -1.97. The second-order valence-electron chi connectivity index (χ2n) is 5.67. The molecular formula is C20H25NO2. The van der Waals surface area contributed by atoms with Gasteiger partial charge in [0.25, 0.3) is 0 Å². The molecule has 0 saturated carbocycles. The number of Topliss-reactive ketones (excluding diaryl/α,β-unsaturated/α-hetero) is 1. The average Bonchev–Trinajstić information content (AvgIpc) is 2.62. The van der Waals surface area contributed by atoms with Crippen LogP contribution in [0.1, 0.15) is 35.2 Å². The Bertz CT molecular complexity index is 569. The number of carbonyl (C=O) groups excluding carboxylic acids is 1. The van der Waals surface area contributed by atoms with Crippen molar-refractivity contribution >= 4 is 5.78 Å². The molecule has 0 amide bonds. The Morgan fingerprint density at radius 3 is 2.35 bits per heavy atom. The summed E-state index contributed by atoms with van der Waals surface area (Å²) in [6.07, 6.45) is 0.435. The number of hydrogen-bond acceptors (Lipinski definition) is 3. The molecule has 0 saturated heterocycles. The van der Waals surface area contributed by atoms with E-state index in [1.807, 2.05) is 36.4 Å². The molecule has 0 fully saturated rings. The molecule has 0 radical (unpaired) electrons. The van der Waals surface area contributed by atoms with Crippen molar-refractivity contribution < 1.29 is 9.53 Å². The molecule has 0 aliphatic carbocycles. The highest BCUT2D eigenvalue weighted by Crippen LogP contribution is 2.12. The van der Waals surface area contributed by atoms with Gasteiger partial charge >= 0.3 is 0 Å². The quantitative estimate of drug-likeness (QED) is 0.537. The summed E-state index contributed by atoms with van der Waals surface area (Å²) in [5, 5.41) is 3.39. The van der Waals surface area contributed by atoms with Crippen molar-refractivity contribution in [1.29, 1.82) is 0 Å². The summed E-state index contributed by atoms with van der Waals surface area (Å²) < 4.78 is 5.53. The smallest absolute Gasteiger partial charge is 0.165 e. The minimum absolute atomic E-state index is 0.135. The largest absolute Gasteiger partial charge is 0.380 e. The zero-order chi connectivity index (χ0) is 16.3. The molecule has 1 unspecified atom stereocenters. The average molecular weight is 311 g/mol. The van der Waals surface area contributed by atoms with Gasteiger partial charge in [0.05, 0.1) is 13.2 Å². The zero-order valence-electron chi connectivity index (χ0n) is 13.7. The maximum atomic E-state index is 11.9. The predicted molar refractivity (Wildman–Crippen MR) is 93.9 cm³/mol. The first-order chi connectivity index (χ1) is 11.3. The minimum Gasteiger partial charge on any atom is -0.380 e. The van der Waals surface area contributed by atoms with Gasteiger partial charge in [-0.2, -0.15) is 0 Å². The molecule has 2 aromatic rings. The molecule has 3 nitrogen and oxygen atoms in total. The SMILES string of the molecule is CC(CNCCOCCC(=O)c1ccccc1)c1ccccc1. The molecule has 0 spiro atoms. The van der Waals surface area contributed by atoms with E-state index in [2.05, 4.69) is 36.5 Å². The van der Waals surface area contributed by atoms with Crippen molar-refractivity contribution in [2.45, 2.75) is 19.3 Å². The van der Waals surface area contributed by atoms with Crippen molar-refractivity contribution in [2.75, 3.05) is 26.3 Å². The van der Waals surface area contributed by atoms with Crippen LogP contribution in [-0.4, -0.2) is 32.1 Å². The molecule has 0 heterocycles. The maximum Gasteiger partial charge on any atom is 0.165 e. The third kappa shape index (κ3) is 6.35. The molecular weight excluding hydrogens is 286 g/mol. The van der Waals surface area contributed by atoms with E-state index in [1.165, 1.54) is 5.56 Å². The molecule has 2 rings (SSSR count). The van der Waals surface area contributed by atoms with Crippen LogP contribution in [0.4, 0.5) is 0 Å². The molecule has 23 heavy (non-hydrogen) atoms. The van der Waals surface area contributed by atoms with Gasteiger partial charge in [-0.3, -0.25) is 4.79 Å². The molecule has 3 heteroatoms. The highest BCUT2D eigenvalue weighted by atomic mass is 16.5. The number of hydrogen-bond donors (Lipinski definition) is 1. The fourth-order valence-corrected chi connectivity index (χ4v) is 2.40. The lowest BCUT2D eigenvalue weighted by Crippen LogP contribution is -2.24. The number of benzene rings is 2. The Kier molecular flexibility index (Phi) is 7.50. The minimum atomic E-state index is 0.135. The van der Waals surface area contributed by atoms with Crippen LogP contribution in [0.2, 0.25) is 0 Å². The van der Waals surface area contributed by atoms with E-state index < -0.39 is 0 Å². The van der Waals surface area contributed by atoms with E-state index in [1.54, 1.807) is 0 Å². The van der Waals surface area contributed by atoms with Crippen LogP contribution in [0, 0.1) is 0 Å². The van der Waals surface area contributed by atoms with E-state index in [4.69, 9.17) is 4.74 Å². The van der Waals surface area contributed by atoms with Crippen molar-refractivity contribution in [3.63, 3.8) is 0 Å². The Morgan fingerprint density at radius 1 is 1.00 bits per heavy atom. The van der Waals surface area contributed by atoms with Gasteiger partial charge in [-0.15, -0.1) is 0 Å².